The standard InChI is InChI=1S/C22H26BrFN4O2/c1-3-15-11-25-22(26-12-15)27-8-6-18(28-7-4-5-21(28)29)20(13-27)30-19-9-14(2)16(23)10-17(19)24/h9-12,18,20H,3-8,13H2,1-2H3/t18?,20-/m1/s1. The fraction of sp³-hybridized carbons (Fsp3) is 0.500. The summed E-state index contributed by atoms with van der Waals surface area (Å²) in [6.45, 7) is 5.91. The number of carbonyl (C=O) groups excluding carboxylic acids is 1. The maximum absolute atomic E-state index is 14.6. The third kappa shape index (κ3) is 4.29. The van der Waals surface area contributed by atoms with Crippen molar-refractivity contribution in [2.45, 2.75) is 51.7 Å². The molecule has 1 aromatic heterocycles. The van der Waals surface area contributed by atoms with E-state index in [0.717, 1.165) is 43.5 Å². The van der Waals surface area contributed by atoms with E-state index in [4.69, 9.17) is 4.74 Å². The summed E-state index contributed by atoms with van der Waals surface area (Å²) in [4.78, 5) is 25.4. The molecule has 0 N–H and O–H groups in total. The summed E-state index contributed by atoms with van der Waals surface area (Å²) in [5.41, 5.74) is 1.97. The fourth-order valence-corrected chi connectivity index (χ4v) is 4.47. The van der Waals surface area contributed by atoms with E-state index in [-0.39, 0.29) is 23.8 Å². The molecular formula is C22H26BrFN4O2. The number of hydrogen-bond acceptors (Lipinski definition) is 5. The lowest BCUT2D eigenvalue weighted by atomic mass is 10.00. The zero-order valence-corrected chi connectivity index (χ0v) is 18.9. The molecule has 4 rings (SSSR count). The Morgan fingerprint density at radius 3 is 2.70 bits per heavy atom. The summed E-state index contributed by atoms with van der Waals surface area (Å²) >= 11 is 3.36. The van der Waals surface area contributed by atoms with Gasteiger partial charge in [-0.3, -0.25) is 4.79 Å². The van der Waals surface area contributed by atoms with Crippen LogP contribution < -0.4 is 9.64 Å². The SMILES string of the molecule is CCc1cnc(N2CCC(N3CCCC3=O)[C@H](Oc3cc(C)c(Br)cc3F)C2)nc1. The second kappa shape index (κ2) is 8.88. The van der Waals surface area contributed by atoms with Crippen molar-refractivity contribution in [2.75, 3.05) is 24.5 Å². The topological polar surface area (TPSA) is 58.6 Å². The Balaban J connectivity index is 1.60. The van der Waals surface area contributed by atoms with Gasteiger partial charge in [0.2, 0.25) is 11.9 Å². The van der Waals surface area contributed by atoms with Crippen LogP contribution in [0.3, 0.4) is 0 Å². The second-order valence-corrected chi connectivity index (χ2v) is 8.78. The molecule has 0 saturated carbocycles. The minimum atomic E-state index is -0.417. The van der Waals surface area contributed by atoms with E-state index in [0.29, 0.717) is 23.4 Å². The van der Waals surface area contributed by atoms with Crippen LogP contribution in [0.4, 0.5) is 10.3 Å². The number of likely N-dealkylation sites (tertiary alicyclic amines) is 1. The highest BCUT2D eigenvalue weighted by Gasteiger charge is 2.39. The molecule has 0 radical (unpaired) electrons. The van der Waals surface area contributed by atoms with Gasteiger partial charge in [0.1, 0.15) is 6.10 Å². The van der Waals surface area contributed by atoms with Gasteiger partial charge in [0.15, 0.2) is 11.6 Å². The third-order valence-electron chi connectivity index (χ3n) is 5.91. The maximum Gasteiger partial charge on any atom is 0.225 e. The number of anilines is 1. The Hall–Kier alpha value is -2.22. The van der Waals surface area contributed by atoms with E-state index in [1.165, 1.54) is 6.07 Å². The van der Waals surface area contributed by atoms with Gasteiger partial charge >= 0.3 is 0 Å². The van der Waals surface area contributed by atoms with Crippen molar-refractivity contribution in [2.24, 2.45) is 0 Å². The molecule has 160 valence electrons. The highest BCUT2D eigenvalue weighted by atomic mass is 79.9. The smallest absolute Gasteiger partial charge is 0.225 e. The van der Waals surface area contributed by atoms with Crippen LogP contribution in [0.25, 0.3) is 0 Å². The number of hydrogen-bond donors (Lipinski definition) is 0. The first-order chi connectivity index (χ1) is 14.5. The predicted molar refractivity (Wildman–Crippen MR) is 116 cm³/mol. The van der Waals surface area contributed by atoms with Crippen LogP contribution in [-0.4, -0.2) is 52.6 Å². The van der Waals surface area contributed by atoms with Gasteiger partial charge in [0, 0.05) is 36.4 Å². The van der Waals surface area contributed by atoms with Crippen molar-refractivity contribution in [3.63, 3.8) is 0 Å². The Bertz CT molecular complexity index is 924. The normalized spacial score (nSPS) is 21.9. The van der Waals surface area contributed by atoms with E-state index in [9.17, 15) is 9.18 Å². The number of rotatable bonds is 5. The molecule has 2 fully saturated rings. The molecule has 2 aromatic rings. The van der Waals surface area contributed by atoms with Crippen molar-refractivity contribution >= 4 is 27.8 Å². The fourth-order valence-electron chi connectivity index (χ4n) is 4.16. The molecule has 0 spiro atoms. The number of piperidine rings is 1. The molecule has 30 heavy (non-hydrogen) atoms. The highest BCUT2D eigenvalue weighted by Crippen LogP contribution is 2.31. The van der Waals surface area contributed by atoms with Crippen LogP contribution in [0, 0.1) is 12.7 Å². The first-order valence-corrected chi connectivity index (χ1v) is 11.2. The molecule has 1 unspecified atom stereocenters. The average molecular weight is 477 g/mol. The Morgan fingerprint density at radius 2 is 2.03 bits per heavy atom. The van der Waals surface area contributed by atoms with Gasteiger partial charge in [-0.25, -0.2) is 14.4 Å². The minimum absolute atomic E-state index is 0.0884. The predicted octanol–water partition coefficient (Wildman–Crippen LogP) is 3.90. The zero-order valence-electron chi connectivity index (χ0n) is 17.3. The van der Waals surface area contributed by atoms with Gasteiger partial charge in [-0.05, 0) is 49.4 Å². The Morgan fingerprint density at radius 1 is 1.27 bits per heavy atom. The number of aromatic nitrogens is 2. The summed E-state index contributed by atoms with van der Waals surface area (Å²) in [5.74, 6) is 0.582. The number of halogens is 2. The number of ether oxygens (including phenoxy) is 1. The van der Waals surface area contributed by atoms with Crippen molar-refractivity contribution < 1.29 is 13.9 Å². The van der Waals surface area contributed by atoms with Crippen molar-refractivity contribution in [3.8, 4) is 5.75 Å². The summed E-state index contributed by atoms with van der Waals surface area (Å²) in [6, 6.07) is 3.04. The highest BCUT2D eigenvalue weighted by molar-refractivity contribution is 9.10. The zero-order chi connectivity index (χ0) is 21.3. The minimum Gasteiger partial charge on any atom is -0.483 e. The number of aryl methyl sites for hydroxylation is 2. The number of nitrogens with zero attached hydrogens (tertiary/aromatic N) is 4. The lowest BCUT2D eigenvalue weighted by molar-refractivity contribution is -0.132. The average Bonchev–Trinajstić information content (AvgIpc) is 3.17. The molecule has 2 aliphatic heterocycles. The van der Waals surface area contributed by atoms with Crippen LogP contribution in [0.2, 0.25) is 0 Å². The number of carbonyl (C=O) groups is 1. The summed E-state index contributed by atoms with van der Waals surface area (Å²) < 4.78 is 21.5. The van der Waals surface area contributed by atoms with Gasteiger partial charge < -0.3 is 14.5 Å². The molecule has 3 heterocycles. The number of amides is 1. The second-order valence-electron chi connectivity index (χ2n) is 7.93. The van der Waals surface area contributed by atoms with Gasteiger partial charge in [0.05, 0.1) is 12.6 Å². The van der Waals surface area contributed by atoms with Gasteiger partial charge in [-0.1, -0.05) is 22.9 Å². The van der Waals surface area contributed by atoms with E-state index >= 15 is 0 Å². The summed E-state index contributed by atoms with van der Waals surface area (Å²) in [5, 5.41) is 0. The lowest BCUT2D eigenvalue weighted by Crippen LogP contribution is -2.57. The first-order valence-electron chi connectivity index (χ1n) is 10.4. The molecule has 0 bridgehead atoms. The third-order valence-corrected chi connectivity index (χ3v) is 6.76. The van der Waals surface area contributed by atoms with Crippen molar-refractivity contribution in [1.29, 1.82) is 0 Å². The van der Waals surface area contributed by atoms with E-state index < -0.39 is 5.82 Å². The molecule has 2 saturated heterocycles. The van der Waals surface area contributed by atoms with Crippen LogP contribution in [-0.2, 0) is 11.2 Å². The van der Waals surface area contributed by atoms with Crippen LogP contribution in [0.15, 0.2) is 29.0 Å². The Labute approximate surface area is 184 Å². The van der Waals surface area contributed by atoms with E-state index in [2.05, 4.69) is 37.7 Å². The lowest BCUT2D eigenvalue weighted by Gasteiger charge is -2.42. The summed E-state index contributed by atoms with van der Waals surface area (Å²) in [6.07, 6.45) is 6.35. The van der Waals surface area contributed by atoms with Crippen LogP contribution in [0.5, 0.6) is 5.75 Å². The van der Waals surface area contributed by atoms with Gasteiger partial charge in [-0.15, -0.1) is 0 Å². The molecular weight excluding hydrogens is 451 g/mol. The molecule has 2 aliphatic rings. The van der Waals surface area contributed by atoms with Crippen LogP contribution in [0.1, 0.15) is 37.3 Å². The van der Waals surface area contributed by atoms with E-state index in [1.54, 1.807) is 6.07 Å². The molecule has 8 heteroatoms. The molecule has 6 nitrogen and oxygen atoms in total. The quantitative estimate of drug-likeness (QED) is 0.654. The molecule has 1 aromatic carbocycles. The Kier molecular flexibility index (Phi) is 6.22. The van der Waals surface area contributed by atoms with Crippen molar-refractivity contribution in [1.82, 2.24) is 14.9 Å². The molecule has 2 atom stereocenters. The van der Waals surface area contributed by atoms with Crippen LogP contribution >= 0.6 is 15.9 Å². The van der Waals surface area contributed by atoms with Crippen molar-refractivity contribution in [3.05, 3.63) is 45.9 Å². The monoisotopic (exact) mass is 476 g/mol. The summed E-state index contributed by atoms with van der Waals surface area (Å²) in [7, 11) is 0. The molecule has 1 amide bonds. The maximum atomic E-state index is 14.6. The van der Waals surface area contributed by atoms with Gasteiger partial charge in [-0.2, -0.15) is 0 Å². The first kappa shape index (κ1) is 21.0. The molecule has 0 aliphatic carbocycles. The largest absolute Gasteiger partial charge is 0.483 e. The van der Waals surface area contributed by atoms with E-state index in [1.807, 2.05) is 24.2 Å². The van der Waals surface area contributed by atoms with Gasteiger partial charge in [0.25, 0.3) is 0 Å². The number of benzene rings is 1.